The molecular weight excluding hydrogens is 413 g/mol. The number of rotatable bonds is 9. The first-order chi connectivity index (χ1) is 14.8. The smallest absolute Gasteiger partial charge is 0.266 e. The van der Waals surface area contributed by atoms with Gasteiger partial charge in [0.1, 0.15) is 18.2 Å². The zero-order chi connectivity index (χ0) is 22.5. The van der Waals surface area contributed by atoms with Crippen LogP contribution in [0.2, 0.25) is 0 Å². The number of aryl methyl sites for hydroxylation is 1. The molecule has 168 valence electrons. The number of carbonyl (C=O) groups excluding carboxylic acids is 1. The van der Waals surface area contributed by atoms with Gasteiger partial charge in [0.2, 0.25) is 5.91 Å². The van der Waals surface area contributed by atoms with Gasteiger partial charge in [0.15, 0.2) is 11.6 Å². The Kier molecular flexibility index (Phi) is 7.32. The van der Waals surface area contributed by atoms with Crippen LogP contribution in [0.15, 0.2) is 24.4 Å². The average Bonchev–Trinajstić information content (AvgIpc) is 2.68. The Labute approximate surface area is 178 Å². The number of hydrogen-bond acceptors (Lipinski definition) is 6. The van der Waals surface area contributed by atoms with E-state index in [1.165, 1.54) is 25.4 Å². The highest BCUT2D eigenvalue weighted by Crippen LogP contribution is 2.31. The van der Waals surface area contributed by atoms with Gasteiger partial charge in [-0.25, -0.2) is 23.1 Å². The van der Waals surface area contributed by atoms with Gasteiger partial charge in [-0.05, 0) is 13.8 Å². The fourth-order valence-electron chi connectivity index (χ4n) is 3.32. The van der Waals surface area contributed by atoms with Gasteiger partial charge in [-0.3, -0.25) is 4.79 Å². The van der Waals surface area contributed by atoms with Gasteiger partial charge in [0.25, 0.3) is 6.43 Å². The first kappa shape index (κ1) is 22.8. The lowest BCUT2D eigenvalue weighted by Crippen LogP contribution is -2.53. The molecule has 0 bridgehead atoms. The van der Waals surface area contributed by atoms with Crippen LogP contribution in [0, 0.1) is 18.7 Å². The zero-order valence-electron chi connectivity index (χ0n) is 17.6. The number of likely N-dealkylation sites (tertiary alicyclic amines) is 1. The second-order valence-corrected chi connectivity index (χ2v) is 7.46. The summed E-state index contributed by atoms with van der Waals surface area (Å²) in [7, 11) is 1.47. The maximum absolute atomic E-state index is 14.5. The second kappa shape index (κ2) is 9.95. The van der Waals surface area contributed by atoms with Crippen molar-refractivity contribution in [2.75, 3.05) is 38.7 Å². The van der Waals surface area contributed by atoms with E-state index >= 15 is 0 Å². The Hall–Kier alpha value is -2.88. The van der Waals surface area contributed by atoms with E-state index in [-0.39, 0.29) is 24.0 Å². The van der Waals surface area contributed by atoms with E-state index < -0.39 is 23.8 Å². The molecule has 2 aromatic rings. The molecular formula is C21H25F3N4O3. The molecule has 0 aliphatic carbocycles. The van der Waals surface area contributed by atoms with Crippen molar-refractivity contribution >= 4 is 11.7 Å². The van der Waals surface area contributed by atoms with Crippen molar-refractivity contribution in [2.45, 2.75) is 26.3 Å². The number of ether oxygens (including phenoxy) is 2. The summed E-state index contributed by atoms with van der Waals surface area (Å²) in [5.41, 5.74) is -0.537. The Morgan fingerprint density at radius 3 is 2.71 bits per heavy atom. The molecule has 0 spiro atoms. The molecule has 1 aromatic heterocycles. The van der Waals surface area contributed by atoms with Gasteiger partial charge in [-0.2, -0.15) is 0 Å². The summed E-state index contributed by atoms with van der Waals surface area (Å²) < 4.78 is 51.2. The number of benzene rings is 1. The molecule has 1 aromatic carbocycles. The maximum atomic E-state index is 14.5. The SMILES string of the molecule is COCC(=O)N1CC(COc2cnc(C)nc2N[C@H](C)c2cccc(C(F)F)c2F)C1. The van der Waals surface area contributed by atoms with E-state index in [1.54, 1.807) is 18.7 Å². The van der Waals surface area contributed by atoms with Crippen LogP contribution in [-0.2, 0) is 9.53 Å². The van der Waals surface area contributed by atoms with Crippen molar-refractivity contribution in [1.29, 1.82) is 0 Å². The van der Waals surface area contributed by atoms with Crippen LogP contribution in [0.25, 0.3) is 0 Å². The topological polar surface area (TPSA) is 76.6 Å². The van der Waals surface area contributed by atoms with Gasteiger partial charge >= 0.3 is 0 Å². The molecule has 1 aliphatic rings. The van der Waals surface area contributed by atoms with Crippen LogP contribution in [0.3, 0.4) is 0 Å². The van der Waals surface area contributed by atoms with Gasteiger partial charge in [0, 0.05) is 31.7 Å². The van der Waals surface area contributed by atoms with E-state index in [9.17, 15) is 18.0 Å². The third-order valence-electron chi connectivity index (χ3n) is 5.04. The van der Waals surface area contributed by atoms with Crippen LogP contribution in [0.4, 0.5) is 19.0 Å². The predicted molar refractivity (Wildman–Crippen MR) is 108 cm³/mol. The highest BCUT2D eigenvalue weighted by molar-refractivity contribution is 5.78. The Morgan fingerprint density at radius 2 is 2.03 bits per heavy atom. The van der Waals surface area contributed by atoms with Gasteiger partial charge in [-0.1, -0.05) is 18.2 Å². The molecule has 2 heterocycles. The molecule has 1 N–H and O–H groups in total. The summed E-state index contributed by atoms with van der Waals surface area (Å²) in [6.45, 7) is 4.89. The van der Waals surface area contributed by atoms with Crippen molar-refractivity contribution in [3.05, 3.63) is 47.2 Å². The van der Waals surface area contributed by atoms with Crippen molar-refractivity contribution in [2.24, 2.45) is 5.92 Å². The Balaban J connectivity index is 1.66. The minimum absolute atomic E-state index is 0.0503. The fourth-order valence-corrected chi connectivity index (χ4v) is 3.32. The van der Waals surface area contributed by atoms with Crippen LogP contribution >= 0.6 is 0 Å². The number of nitrogens with zero attached hydrogens (tertiary/aromatic N) is 3. The highest BCUT2D eigenvalue weighted by atomic mass is 19.3. The number of aromatic nitrogens is 2. The van der Waals surface area contributed by atoms with Gasteiger partial charge in [-0.15, -0.1) is 0 Å². The summed E-state index contributed by atoms with van der Waals surface area (Å²) in [4.78, 5) is 21.9. The molecule has 1 fully saturated rings. The molecule has 0 unspecified atom stereocenters. The van der Waals surface area contributed by atoms with Gasteiger partial charge < -0.3 is 19.7 Å². The lowest BCUT2D eigenvalue weighted by Gasteiger charge is -2.38. The molecule has 31 heavy (non-hydrogen) atoms. The summed E-state index contributed by atoms with van der Waals surface area (Å²) in [5, 5.41) is 3.04. The molecule has 7 nitrogen and oxygen atoms in total. The molecule has 1 atom stereocenters. The number of nitrogens with one attached hydrogen (secondary N) is 1. The highest BCUT2D eigenvalue weighted by Gasteiger charge is 2.31. The minimum atomic E-state index is -2.90. The average molecular weight is 438 g/mol. The minimum Gasteiger partial charge on any atom is -0.488 e. The Bertz CT molecular complexity index is 923. The van der Waals surface area contributed by atoms with Crippen LogP contribution < -0.4 is 10.1 Å². The Morgan fingerprint density at radius 1 is 1.32 bits per heavy atom. The van der Waals surface area contributed by atoms with E-state index in [1.807, 2.05) is 0 Å². The quantitative estimate of drug-likeness (QED) is 0.646. The number of carbonyl (C=O) groups is 1. The summed E-state index contributed by atoms with van der Waals surface area (Å²) in [5.74, 6) is 0.331. The predicted octanol–water partition coefficient (Wildman–Crippen LogP) is 3.52. The number of halogens is 3. The first-order valence-corrected chi connectivity index (χ1v) is 9.86. The summed E-state index contributed by atoms with van der Waals surface area (Å²) in [6.07, 6.45) is -1.39. The lowest BCUT2D eigenvalue weighted by atomic mass is 10.0. The van der Waals surface area contributed by atoms with Crippen LogP contribution in [0.1, 0.15) is 36.3 Å². The van der Waals surface area contributed by atoms with Crippen molar-refractivity contribution in [3.63, 3.8) is 0 Å². The van der Waals surface area contributed by atoms with E-state index in [4.69, 9.17) is 9.47 Å². The fraction of sp³-hybridized carbons (Fsp3) is 0.476. The monoisotopic (exact) mass is 438 g/mol. The largest absolute Gasteiger partial charge is 0.488 e. The van der Waals surface area contributed by atoms with Crippen LogP contribution in [-0.4, -0.2) is 54.2 Å². The van der Waals surface area contributed by atoms with Crippen molar-refractivity contribution in [3.8, 4) is 5.75 Å². The number of hydrogen-bond donors (Lipinski definition) is 1. The zero-order valence-corrected chi connectivity index (χ0v) is 17.6. The van der Waals surface area contributed by atoms with Crippen molar-refractivity contribution < 1.29 is 27.4 Å². The van der Waals surface area contributed by atoms with E-state index in [0.29, 0.717) is 37.1 Å². The maximum Gasteiger partial charge on any atom is 0.266 e. The van der Waals surface area contributed by atoms with Crippen LogP contribution in [0.5, 0.6) is 5.75 Å². The number of anilines is 1. The number of methoxy groups -OCH3 is 1. The van der Waals surface area contributed by atoms with Gasteiger partial charge in [0.05, 0.1) is 24.4 Å². The second-order valence-electron chi connectivity index (χ2n) is 7.46. The molecule has 3 rings (SSSR count). The third-order valence-corrected chi connectivity index (χ3v) is 5.04. The lowest BCUT2D eigenvalue weighted by molar-refractivity contribution is -0.142. The molecule has 1 saturated heterocycles. The molecule has 1 amide bonds. The van der Waals surface area contributed by atoms with Crippen molar-refractivity contribution in [1.82, 2.24) is 14.9 Å². The molecule has 1 aliphatic heterocycles. The molecule has 0 saturated carbocycles. The third kappa shape index (κ3) is 5.43. The molecule has 0 radical (unpaired) electrons. The summed E-state index contributed by atoms with van der Waals surface area (Å²) in [6, 6.07) is 3.28. The first-order valence-electron chi connectivity index (χ1n) is 9.86. The number of amides is 1. The van der Waals surface area contributed by atoms with E-state index in [0.717, 1.165) is 6.07 Å². The van der Waals surface area contributed by atoms with E-state index in [2.05, 4.69) is 15.3 Å². The summed E-state index contributed by atoms with van der Waals surface area (Å²) >= 11 is 0. The standard InChI is InChI=1S/C21H25F3N4O3/c1-12(15-5-4-6-16(19(15)22)20(23)24)26-21-17(7-25-13(2)27-21)31-10-14-8-28(9-14)18(29)11-30-3/h4-7,12,14,20H,8-11H2,1-3H3,(H,25,26,27)/t12-/m1/s1. The number of alkyl halides is 2. The normalized spacial score (nSPS) is 15.0. The molecule has 10 heteroatoms.